The number of benzene rings is 2. The molecule has 0 spiro atoms. The minimum Gasteiger partial charge on any atom is -0.508 e. The van der Waals surface area contributed by atoms with E-state index in [1.165, 1.54) is 5.69 Å². The number of hydrogen-bond donors (Lipinski definition) is 2. The molecular formula is C23H27N5O. The molecule has 2 aromatic carbocycles. The normalized spacial score (nSPS) is 13.6. The van der Waals surface area contributed by atoms with E-state index in [9.17, 15) is 5.11 Å². The predicted octanol–water partition coefficient (Wildman–Crippen LogP) is 4.91. The molecule has 150 valence electrons. The summed E-state index contributed by atoms with van der Waals surface area (Å²) in [6, 6.07) is 16.2. The second kappa shape index (κ2) is 7.62. The van der Waals surface area contributed by atoms with Crippen LogP contribution in [0, 0.1) is 13.8 Å². The molecule has 1 aliphatic heterocycles. The maximum absolute atomic E-state index is 9.65. The highest BCUT2D eigenvalue weighted by Gasteiger charge is 2.26. The van der Waals surface area contributed by atoms with E-state index in [1.807, 2.05) is 26.0 Å². The van der Waals surface area contributed by atoms with Gasteiger partial charge in [0.2, 0.25) is 0 Å². The molecule has 29 heavy (non-hydrogen) atoms. The van der Waals surface area contributed by atoms with Crippen LogP contribution in [-0.2, 0) is 0 Å². The second-order valence-electron chi connectivity index (χ2n) is 7.71. The first kappa shape index (κ1) is 19.1. The molecule has 4 rings (SSSR count). The van der Waals surface area contributed by atoms with Crippen molar-refractivity contribution in [3.05, 3.63) is 59.9 Å². The van der Waals surface area contributed by atoms with Crippen LogP contribution in [0.3, 0.4) is 0 Å². The molecule has 2 N–H and O–H groups in total. The van der Waals surface area contributed by atoms with Crippen LogP contribution in [-0.4, -0.2) is 34.2 Å². The quantitative estimate of drug-likeness (QED) is 0.618. The lowest BCUT2D eigenvalue weighted by molar-refractivity contribution is 0.475. The summed E-state index contributed by atoms with van der Waals surface area (Å²) < 4.78 is 0. The van der Waals surface area contributed by atoms with E-state index < -0.39 is 0 Å². The zero-order valence-corrected chi connectivity index (χ0v) is 17.3. The molecule has 0 fully saturated rings. The molecule has 0 saturated heterocycles. The maximum Gasteiger partial charge on any atom is 0.138 e. The Morgan fingerprint density at radius 1 is 0.966 bits per heavy atom. The highest BCUT2D eigenvalue weighted by molar-refractivity contribution is 5.79. The van der Waals surface area contributed by atoms with E-state index >= 15 is 0 Å². The number of fused-ring (bicyclic) bond motifs is 1. The molecule has 6 nitrogen and oxygen atoms in total. The van der Waals surface area contributed by atoms with Gasteiger partial charge >= 0.3 is 0 Å². The Morgan fingerprint density at radius 2 is 1.72 bits per heavy atom. The monoisotopic (exact) mass is 389 g/mol. The summed E-state index contributed by atoms with van der Waals surface area (Å²) in [5, 5.41) is 13.0. The fourth-order valence-electron chi connectivity index (χ4n) is 3.84. The predicted molar refractivity (Wildman–Crippen MR) is 119 cm³/mol. The molecule has 2 heterocycles. The maximum atomic E-state index is 9.65. The van der Waals surface area contributed by atoms with Gasteiger partial charge in [-0.1, -0.05) is 12.1 Å². The summed E-state index contributed by atoms with van der Waals surface area (Å²) in [6.45, 7) is 10.1. The molecule has 0 radical (unpaired) electrons. The van der Waals surface area contributed by atoms with Crippen molar-refractivity contribution in [3.63, 3.8) is 0 Å². The summed E-state index contributed by atoms with van der Waals surface area (Å²) >= 11 is 0. The summed E-state index contributed by atoms with van der Waals surface area (Å²) in [5.74, 6) is 2.59. The number of aromatic hydroxyl groups is 1. The highest BCUT2D eigenvalue weighted by atomic mass is 16.3. The van der Waals surface area contributed by atoms with Gasteiger partial charge in [0, 0.05) is 30.9 Å². The van der Waals surface area contributed by atoms with Crippen molar-refractivity contribution >= 4 is 28.7 Å². The number of rotatable bonds is 4. The Kier molecular flexibility index (Phi) is 5.01. The van der Waals surface area contributed by atoms with E-state index in [0.29, 0.717) is 11.9 Å². The van der Waals surface area contributed by atoms with Gasteiger partial charge in [0.1, 0.15) is 23.2 Å². The number of nitrogens with zero attached hydrogens (tertiary/aromatic N) is 4. The van der Waals surface area contributed by atoms with E-state index in [4.69, 9.17) is 4.98 Å². The number of aromatic nitrogens is 2. The smallest absolute Gasteiger partial charge is 0.138 e. The highest BCUT2D eigenvalue weighted by Crippen LogP contribution is 2.38. The molecule has 6 heteroatoms. The fraction of sp³-hybridized carbons (Fsp3) is 0.304. The lowest BCUT2D eigenvalue weighted by Gasteiger charge is -2.40. The van der Waals surface area contributed by atoms with E-state index in [-0.39, 0.29) is 5.75 Å². The lowest BCUT2D eigenvalue weighted by Crippen LogP contribution is -2.42. The molecule has 1 aliphatic rings. The third kappa shape index (κ3) is 3.83. The van der Waals surface area contributed by atoms with Crippen molar-refractivity contribution in [2.24, 2.45) is 0 Å². The van der Waals surface area contributed by atoms with Crippen LogP contribution in [0.15, 0.2) is 48.5 Å². The Bertz CT molecular complexity index is 1030. The second-order valence-corrected chi connectivity index (χ2v) is 7.71. The topological polar surface area (TPSA) is 64.5 Å². The van der Waals surface area contributed by atoms with Crippen LogP contribution < -0.4 is 15.1 Å². The standard InChI is InChI=1S/C23H27N5O/c1-15(2)27-11-12-28(21-8-6-5-7-20(21)27)23-14-22(24-17(4)25-23)26-19-10-9-18(29)13-16(19)3/h5-10,13-15,29H,11-12H2,1-4H3,(H,24,25,26). The van der Waals surface area contributed by atoms with Gasteiger partial charge in [-0.05, 0) is 63.6 Å². The van der Waals surface area contributed by atoms with Crippen molar-refractivity contribution < 1.29 is 5.11 Å². The number of para-hydroxylation sites is 2. The van der Waals surface area contributed by atoms with Gasteiger partial charge in [0.25, 0.3) is 0 Å². The van der Waals surface area contributed by atoms with Gasteiger partial charge < -0.3 is 20.2 Å². The van der Waals surface area contributed by atoms with Gasteiger partial charge in [-0.25, -0.2) is 9.97 Å². The van der Waals surface area contributed by atoms with Crippen LogP contribution in [0.5, 0.6) is 5.75 Å². The van der Waals surface area contributed by atoms with Crippen LogP contribution >= 0.6 is 0 Å². The van der Waals surface area contributed by atoms with Gasteiger partial charge in [0.15, 0.2) is 0 Å². The largest absolute Gasteiger partial charge is 0.508 e. The molecule has 0 unspecified atom stereocenters. The van der Waals surface area contributed by atoms with Crippen molar-refractivity contribution in [3.8, 4) is 5.75 Å². The SMILES string of the molecule is Cc1nc(Nc2ccc(O)cc2C)cc(N2CCN(C(C)C)c3ccccc32)n1. The Balaban J connectivity index is 1.70. The molecule has 1 aromatic heterocycles. The van der Waals surface area contributed by atoms with Crippen molar-refractivity contribution in [1.82, 2.24) is 9.97 Å². The summed E-state index contributed by atoms with van der Waals surface area (Å²) in [6.07, 6.45) is 0. The van der Waals surface area contributed by atoms with Crippen LogP contribution in [0.2, 0.25) is 0 Å². The number of aryl methyl sites for hydroxylation is 2. The molecule has 3 aromatic rings. The zero-order chi connectivity index (χ0) is 20.5. The van der Waals surface area contributed by atoms with Gasteiger partial charge in [-0.15, -0.1) is 0 Å². The minimum absolute atomic E-state index is 0.257. The average molecular weight is 390 g/mol. The van der Waals surface area contributed by atoms with Crippen LogP contribution in [0.25, 0.3) is 0 Å². The minimum atomic E-state index is 0.257. The summed E-state index contributed by atoms with van der Waals surface area (Å²) in [7, 11) is 0. The van der Waals surface area contributed by atoms with E-state index in [2.05, 4.69) is 58.2 Å². The fourth-order valence-corrected chi connectivity index (χ4v) is 3.84. The molecular weight excluding hydrogens is 362 g/mol. The average Bonchev–Trinajstić information content (AvgIpc) is 2.68. The number of phenolic OH excluding ortho intramolecular Hbond substituents is 1. The molecule has 0 amide bonds. The first-order chi connectivity index (χ1) is 13.9. The molecule has 0 aliphatic carbocycles. The zero-order valence-electron chi connectivity index (χ0n) is 17.3. The summed E-state index contributed by atoms with van der Waals surface area (Å²) in [5.41, 5.74) is 4.27. The van der Waals surface area contributed by atoms with Crippen molar-refractivity contribution in [1.29, 1.82) is 0 Å². The molecule has 0 bridgehead atoms. The van der Waals surface area contributed by atoms with Gasteiger partial charge in [-0.2, -0.15) is 0 Å². The molecule has 0 saturated carbocycles. The number of phenols is 1. The van der Waals surface area contributed by atoms with Crippen LogP contribution in [0.1, 0.15) is 25.2 Å². The molecule has 0 atom stereocenters. The Hall–Kier alpha value is -3.28. The first-order valence-corrected chi connectivity index (χ1v) is 9.98. The Morgan fingerprint density at radius 3 is 2.45 bits per heavy atom. The number of hydrogen-bond acceptors (Lipinski definition) is 6. The summed E-state index contributed by atoms with van der Waals surface area (Å²) in [4.78, 5) is 14.0. The number of nitrogens with one attached hydrogen (secondary N) is 1. The third-order valence-electron chi connectivity index (χ3n) is 5.24. The number of anilines is 5. The van der Waals surface area contributed by atoms with E-state index in [0.717, 1.165) is 41.7 Å². The Labute approximate surface area is 171 Å². The van der Waals surface area contributed by atoms with Crippen LogP contribution in [0.4, 0.5) is 28.7 Å². The van der Waals surface area contributed by atoms with Crippen molar-refractivity contribution in [2.75, 3.05) is 28.2 Å². The lowest BCUT2D eigenvalue weighted by atomic mass is 10.1. The third-order valence-corrected chi connectivity index (χ3v) is 5.24. The first-order valence-electron chi connectivity index (χ1n) is 9.98. The van der Waals surface area contributed by atoms with Gasteiger partial charge in [-0.3, -0.25) is 0 Å². The van der Waals surface area contributed by atoms with Crippen molar-refractivity contribution in [2.45, 2.75) is 33.7 Å². The van der Waals surface area contributed by atoms with E-state index in [1.54, 1.807) is 12.1 Å². The van der Waals surface area contributed by atoms with Gasteiger partial charge in [0.05, 0.1) is 11.4 Å².